The summed E-state index contributed by atoms with van der Waals surface area (Å²) in [6.07, 6.45) is 1.73. The quantitative estimate of drug-likeness (QED) is 0.830. The molecule has 4 nitrogen and oxygen atoms in total. The number of hydrogen-bond acceptors (Lipinski definition) is 4. The lowest BCUT2D eigenvalue weighted by atomic mass is 10.1. The molecule has 0 aliphatic carbocycles. The molecule has 0 fully saturated rings. The standard InChI is InChI=1S/C17H20N4S/c1-13-12-22-17(20-13)15(9-18)10-19-11-16(21(2)3)14-7-5-4-6-8-14/h4-8,10,12,15-16H,11H2,1-3H3/p+1/t15-,16+/m1/s1. The number of hydrogen-bond donors (Lipinski definition) is 1. The summed E-state index contributed by atoms with van der Waals surface area (Å²) >= 11 is 1.51. The molecule has 0 aliphatic heterocycles. The summed E-state index contributed by atoms with van der Waals surface area (Å²) in [6.45, 7) is 2.60. The summed E-state index contributed by atoms with van der Waals surface area (Å²) in [7, 11) is 4.25. The number of nitrogens with zero attached hydrogens (tertiary/aromatic N) is 3. The molecule has 0 aliphatic rings. The minimum Gasteiger partial charge on any atom is -0.332 e. The number of likely N-dealkylation sites (N-methyl/N-ethyl adjacent to an activating group) is 1. The Kier molecular flexibility index (Phi) is 5.82. The second-order valence-electron chi connectivity index (χ2n) is 5.49. The van der Waals surface area contributed by atoms with E-state index in [1.54, 1.807) is 6.21 Å². The molecule has 1 heterocycles. The number of benzene rings is 1. The number of nitrogens with one attached hydrogen (secondary N) is 1. The van der Waals surface area contributed by atoms with Gasteiger partial charge in [-0.15, -0.1) is 11.3 Å². The van der Waals surface area contributed by atoms with Crippen LogP contribution in [0.1, 0.15) is 28.2 Å². The van der Waals surface area contributed by atoms with Gasteiger partial charge in [0.1, 0.15) is 17.0 Å². The van der Waals surface area contributed by atoms with Crippen LogP contribution in [0.4, 0.5) is 0 Å². The van der Waals surface area contributed by atoms with Crippen molar-refractivity contribution in [3.63, 3.8) is 0 Å². The van der Waals surface area contributed by atoms with Gasteiger partial charge in [0.2, 0.25) is 0 Å². The molecule has 1 aromatic heterocycles. The molecule has 0 spiro atoms. The molecular weight excluding hydrogens is 292 g/mol. The van der Waals surface area contributed by atoms with Gasteiger partial charge in [-0.1, -0.05) is 30.3 Å². The summed E-state index contributed by atoms with van der Waals surface area (Å²) in [6, 6.07) is 12.9. The topological polar surface area (TPSA) is 53.5 Å². The predicted octanol–water partition coefficient (Wildman–Crippen LogP) is 2.02. The molecule has 2 aromatic rings. The first-order chi connectivity index (χ1) is 10.6. The Morgan fingerprint density at radius 1 is 1.36 bits per heavy atom. The van der Waals surface area contributed by atoms with Crippen LogP contribution in [0.15, 0.2) is 40.7 Å². The van der Waals surface area contributed by atoms with Crippen molar-refractivity contribution in [1.82, 2.24) is 4.98 Å². The lowest BCUT2D eigenvalue weighted by Crippen LogP contribution is -3.06. The Balaban J connectivity index is 2.07. The molecule has 0 unspecified atom stereocenters. The molecule has 5 heteroatoms. The van der Waals surface area contributed by atoms with Crippen molar-refractivity contribution in [1.29, 1.82) is 5.26 Å². The van der Waals surface area contributed by atoms with E-state index in [4.69, 9.17) is 0 Å². The molecule has 0 saturated heterocycles. The number of quaternary nitrogens is 1. The molecule has 0 amide bonds. The van der Waals surface area contributed by atoms with Crippen LogP contribution in [0, 0.1) is 18.3 Å². The van der Waals surface area contributed by atoms with Gasteiger partial charge >= 0.3 is 0 Å². The first-order valence-corrected chi connectivity index (χ1v) is 8.16. The third kappa shape index (κ3) is 4.23. The van der Waals surface area contributed by atoms with Crippen molar-refractivity contribution < 1.29 is 4.90 Å². The van der Waals surface area contributed by atoms with E-state index in [0.717, 1.165) is 10.7 Å². The van der Waals surface area contributed by atoms with Gasteiger partial charge in [0.25, 0.3) is 0 Å². The third-order valence-electron chi connectivity index (χ3n) is 3.48. The monoisotopic (exact) mass is 313 g/mol. The van der Waals surface area contributed by atoms with Crippen molar-refractivity contribution in [2.24, 2.45) is 4.99 Å². The van der Waals surface area contributed by atoms with E-state index in [-0.39, 0.29) is 12.0 Å². The van der Waals surface area contributed by atoms with Gasteiger partial charge in [-0.25, -0.2) is 4.98 Å². The van der Waals surface area contributed by atoms with Crippen molar-refractivity contribution in [3.8, 4) is 6.07 Å². The molecule has 1 N–H and O–H groups in total. The number of aliphatic imine (C=N–C) groups is 1. The number of nitriles is 1. The van der Waals surface area contributed by atoms with Crippen LogP contribution in [-0.4, -0.2) is 31.8 Å². The minimum absolute atomic E-state index is 0.287. The van der Waals surface area contributed by atoms with E-state index in [1.165, 1.54) is 21.8 Å². The summed E-state index contributed by atoms with van der Waals surface area (Å²) < 4.78 is 0. The summed E-state index contributed by atoms with van der Waals surface area (Å²) in [5.74, 6) is -0.354. The smallest absolute Gasteiger partial charge is 0.133 e. The second kappa shape index (κ2) is 7.83. The van der Waals surface area contributed by atoms with E-state index in [2.05, 4.69) is 42.3 Å². The van der Waals surface area contributed by atoms with Crippen LogP contribution in [0.5, 0.6) is 0 Å². The fourth-order valence-electron chi connectivity index (χ4n) is 2.25. The Hall–Kier alpha value is -2.03. The first kappa shape index (κ1) is 16.3. The van der Waals surface area contributed by atoms with Gasteiger partial charge in [0.15, 0.2) is 0 Å². The van der Waals surface area contributed by atoms with Gasteiger partial charge < -0.3 is 4.90 Å². The highest BCUT2D eigenvalue weighted by atomic mass is 32.1. The Labute approximate surface area is 135 Å². The maximum absolute atomic E-state index is 9.30. The lowest BCUT2D eigenvalue weighted by Gasteiger charge is -2.20. The lowest BCUT2D eigenvalue weighted by molar-refractivity contribution is -0.890. The van der Waals surface area contributed by atoms with Crippen LogP contribution in [0.2, 0.25) is 0 Å². The van der Waals surface area contributed by atoms with Gasteiger partial charge in [0.05, 0.1) is 26.7 Å². The largest absolute Gasteiger partial charge is 0.332 e. The number of aryl methyl sites for hydroxylation is 1. The molecule has 114 valence electrons. The predicted molar refractivity (Wildman–Crippen MR) is 90.6 cm³/mol. The van der Waals surface area contributed by atoms with Gasteiger partial charge in [-0.3, -0.25) is 4.99 Å². The van der Waals surface area contributed by atoms with E-state index in [1.807, 2.05) is 30.5 Å². The molecule has 22 heavy (non-hydrogen) atoms. The van der Waals surface area contributed by atoms with Crippen molar-refractivity contribution >= 4 is 17.6 Å². The third-order valence-corrected chi connectivity index (χ3v) is 4.53. The van der Waals surface area contributed by atoms with Crippen LogP contribution in [-0.2, 0) is 0 Å². The average molecular weight is 313 g/mol. The van der Waals surface area contributed by atoms with Crippen LogP contribution < -0.4 is 4.90 Å². The number of aromatic nitrogens is 1. The molecular formula is C17H21N4S+. The van der Waals surface area contributed by atoms with Crippen LogP contribution in [0.3, 0.4) is 0 Å². The highest BCUT2D eigenvalue weighted by Crippen LogP contribution is 2.18. The van der Waals surface area contributed by atoms with Crippen molar-refractivity contribution in [2.75, 3.05) is 20.6 Å². The van der Waals surface area contributed by atoms with E-state index < -0.39 is 0 Å². The first-order valence-electron chi connectivity index (χ1n) is 7.28. The zero-order chi connectivity index (χ0) is 15.9. The maximum atomic E-state index is 9.30. The highest BCUT2D eigenvalue weighted by molar-refractivity contribution is 7.09. The number of thiazole rings is 1. The molecule has 0 radical (unpaired) electrons. The molecule has 2 rings (SSSR count). The Bertz CT molecular complexity index is 655. The van der Waals surface area contributed by atoms with E-state index >= 15 is 0 Å². The van der Waals surface area contributed by atoms with E-state index in [0.29, 0.717) is 6.54 Å². The Morgan fingerprint density at radius 2 is 2.09 bits per heavy atom. The Morgan fingerprint density at radius 3 is 2.64 bits per heavy atom. The normalized spacial score (nSPS) is 14.1. The molecule has 0 saturated carbocycles. The molecule has 2 atom stereocenters. The fourth-order valence-corrected chi connectivity index (χ4v) is 3.05. The van der Waals surface area contributed by atoms with Crippen molar-refractivity contribution in [2.45, 2.75) is 18.9 Å². The zero-order valence-corrected chi connectivity index (χ0v) is 14.0. The SMILES string of the molecule is Cc1csc([C@H](C#N)C=NC[C@@H](c2ccccc2)[NH+](C)C)n1. The summed E-state index contributed by atoms with van der Waals surface area (Å²) in [4.78, 5) is 10.2. The average Bonchev–Trinajstić information content (AvgIpc) is 2.94. The molecule has 0 bridgehead atoms. The van der Waals surface area contributed by atoms with Gasteiger partial charge in [0, 0.05) is 22.9 Å². The minimum atomic E-state index is -0.354. The summed E-state index contributed by atoms with van der Waals surface area (Å²) in [5, 5.41) is 12.1. The zero-order valence-electron chi connectivity index (χ0n) is 13.2. The maximum Gasteiger partial charge on any atom is 0.133 e. The van der Waals surface area contributed by atoms with Crippen molar-refractivity contribution in [3.05, 3.63) is 52.0 Å². The van der Waals surface area contributed by atoms with Crippen LogP contribution in [0.25, 0.3) is 0 Å². The second-order valence-corrected chi connectivity index (χ2v) is 6.38. The van der Waals surface area contributed by atoms with Crippen LogP contribution >= 0.6 is 11.3 Å². The highest BCUT2D eigenvalue weighted by Gasteiger charge is 2.17. The van der Waals surface area contributed by atoms with Gasteiger partial charge in [-0.05, 0) is 6.92 Å². The van der Waals surface area contributed by atoms with E-state index in [9.17, 15) is 5.26 Å². The fraction of sp³-hybridized carbons (Fsp3) is 0.353. The van der Waals surface area contributed by atoms with Gasteiger partial charge in [-0.2, -0.15) is 5.26 Å². The molecule has 1 aromatic carbocycles. The summed E-state index contributed by atoms with van der Waals surface area (Å²) in [5.41, 5.74) is 2.21. The number of rotatable bonds is 6.